The van der Waals surface area contributed by atoms with Gasteiger partial charge in [0.2, 0.25) is 0 Å². The summed E-state index contributed by atoms with van der Waals surface area (Å²) in [7, 11) is 0. The third-order valence-corrected chi connectivity index (χ3v) is 4.38. The smallest absolute Gasteiger partial charge is 0.356 e. The Morgan fingerprint density at radius 2 is 1.88 bits per heavy atom. The topological polar surface area (TPSA) is 64.3 Å². The largest absolute Gasteiger partial charge is 0.490 e. The molecule has 0 saturated heterocycles. The molecule has 1 atom stereocenters. The minimum Gasteiger partial charge on any atom is -0.490 e. The maximum Gasteiger partial charge on any atom is 0.356 e. The van der Waals surface area contributed by atoms with Crippen LogP contribution in [0.25, 0.3) is 11.0 Å². The monoisotopic (exact) mass is 340 g/mol. The summed E-state index contributed by atoms with van der Waals surface area (Å²) in [5.41, 5.74) is 9.54. The molecular formula is C20H26N3O2+. The highest BCUT2D eigenvalue weighted by molar-refractivity contribution is 5.73. The van der Waals surface area contributed by atoms with Gasteiger partial charge in [0.25, 0.3) is 0 Å². The number of nitrogens with zero attached hydrogens (tertiary/aromatic N) is 2. The maximum atomic E-state index is 10.5. The van der Waals surface area contributed by atoms with Crippen LogP contribution in [0.5, 0.6) is 5.75 Å². The number of nitrogens with two attached hydrogens (primary N) is 1. The number of aliphatic hydroxyl groups excluding tert-OH is 1. The SMILES string of the molecule is CCCn1c(N)[n+](C[C@H](O)COc2ccccc2C)c2ccccc21. The number of aliphatic hydroxyl groups is 1. The lowest BCUT2D eigenvalue weighted by Crippen LogP contribution is -2.43. The van der Waals surface area contributed by atoms with Crippen molar-refractivity contribution in [3.63, 3.8) is 0 Å². The molecule has 0 radical (unpaired) electrons. The van der Waals surface area contributed by atoms with Crippen molar-refractivity contribution in [3.8, 4) is 5.75 Å². The van der Waals surface area contributed by atoms with E-state index >= 15 is 0 Å². The number of imidazole rings is 1. The predicted molar refractivity (Wildman–Crippen MR) is 99.5 cm³/mol. The zero-order valence-corrected chi connectivity index (χ0v) is 14.9. The van der Waals surface area contributed by atoms with Crippen LogP contribution >= 0.6 is 0 Å². The summed E-state index contributed by atoms with van der Waals surface area (Å²) >= 11 is 0. The van der Waals surface area contributed by atoms with Crippen LogP contribution < -0.4 is 15.0 Å². The molecule has 0 saturated carbocycles. The normalized spacial score (nSPS) is 12.4. The van der Waals surface area contributed by atoms with E-state index in [0.717, 1.165) is 35.3 Å². The number of para-hydroxylation sites is 3. The van der Waals surface area contributed by atoms with Crippen molar-refractivity contribution in [1.82, 2.24) is 4.57 Å². The van der Waals surface area contributed by atoms with E-state index in [9.17, 15) is 5.11 Å². The Hall–Kier alpha value is -2.53. The molecule has 0 aliphatic rings. The van der Waals surface area contributed by atoms with Crippen LogP contribution in [0.2, 0.25) is 0 Å². The van der Waals surface area contributed by atoms with E-state index in [0.29, 0.717) is 12.5 Å². The minimum absolute atomic E-state index is 0.227. The van der Waals surface area contributed by atoms with Crippen LogP contribution in [-0.2, 0) is 13.1 Å². The van der Waals surface area contributed by atoms with Gasteiger partial charge in [0.05, 0.1) is 6.54 Å². The number of ether oxygens (including phenoxy) is 1. The van der Waals surface area contributed by atoms with Crippen LogP contribution in [0.3, 0.4) is 0 Å². The molecule has 0 unspecified atom stereocenters. The second-order valence-electron chi connectivity index (χ2n) is 6.34. The first-order valence-corrected chi connectivity index (χ1v) is 8.74. The molecule has 0 aliphatic carbocycles. The first kappa shape index (κ1) is 17.3. The number of fused-ring (bicyclic) bond motifs is 1. The minimum atomic E-state index is -0.646. The fourth-order valence-electron chi connectivity index (χ4n) is 3.13. The Morgan fingerprint density at radius 1 is 1.16 bits per heavy atom. The lowest BCUT2D eigenvalue weighted by Gasteiger charge is -2.13. The molecule has 3 aromatic rings. The number of hydrogen-bond donors (Lipinski definition) is 2. The Morgan fingerprint density at radius 3 is 2.64 bits per heavy atom. The van der Waals surface area contributed by atoms with Gasteiger partial charge < -0.3 is 9.84 Å². The predicted octanol–water partition coefficient (Wildman–Crippen LogP) is 2.67. The number of anilines is 1. The Labute approximate surface area is 148 Å². The van der Waals surface area contributed by atoms with Crippen LogP contribution in [-0.4, -0.2) is 22.4 Å². The molecule has 2 aromatic carbocycles. The zero-order valence-electron chi connectivity index (χ0n) is 14.9. The highest BCUT2D eigenvalue weighted by Crippen LogP contribution is 2.18. The van der Waals surface area contributed by atoms with Gasteiger partial charge in [-0.3, -0.25) is 5.73 Å². The van der Waals surface area contributed by atoms with Crippen molar-refractivity contribution in [2.24, 2.45) is 0 Å². The Balaban J connectivity index is 1.78. The third-order valence-electron chi connectivity index (χ3n) is 4.38. The van der Waals surface area contributed by atoms with E-state index in [1.54, 1.807) is 0 Å². The van der Waals surface area contributed by atoms with Gasteiger partial charge in [-0.15, -0.1) is 0 Å². The summed E-state index contributed by atoms with van der Waals surface area (Å²) in [5, 5.41) is 10.5. The lowest BCUT2D eigenvalue weighted by atomic mass is 10.2. The molecule has 0 spiro atoms. The van der Waals surface area contributed by atoms with Crippen LogP contribution in [0, 0.1) is 6.92 Å². The van der Waals surface area contributed by atoms with Gasteiger partial charge in [0.1, 0.15) is 36.0 Å². The summed E-state index contributed by atoms with van der Waals surface area (Å²) in [6.07, 6.45) is 0.356. The Bertz CT molecular complexity index is 857. The Kier molecular flexibility index (Phi) is 5.24. The molecular weight excluding hydrogens is 314 g/mol. The molecule has 0 bridgehead atoms. The standard InChI is InChI=1S/C20H25N3O2/c1-3-12-22-17-9-5-6-10-18(17)23(20(22)21)13-16(24)14-25-19-11-7-4-8-15(19)2/h4-11,16,21,24H,3,12-14H2,1-2H3/p+1/t16-/m0/s1. The average Bonchev–Trinajstić information content (AvgIpc) is 2.87. The molecule has 0 aliphatic heterocycles. The first-order valence-electron chi connectivity index (χ1n) is 8.74. The molecule has 25 heavy (non-hydrogen) atoms. The highest BCUT2D eigenvalue weighted by atomic mass is 16.5. The van der Waals surface area contributed by atoms with E-state index in [-0.39, 0.29) is 6.61 Å². The first-order chi connectivity index (χ1) is 12.1. The molecule has 1 heterocycles. The van der Waals surface area contributed by atoms with Crippen molar-refractivity contribution in [2.45, 2.75) is 39.5 Å². The summed E-state index contributed by atoms with van der Waals surface area (Å²) in [5.74, 6) is 1.46. The van der Waals surface area contributed by atoms with Gasteiger partial charge in [0.15, 0.2) is 0 Å². The van der Waals surface area contributed by atoms with Gasteiger partial charge in [-0.1, -0.05) is 37.3 Å². The highest BCUT2D eigenvalue weighted by Gasteiger charge is 2.22. The number of aryl methyl sites for hydroxylation is 2. The lowest BCUT2D eigenvalue weighted by molar-refractivity contribution is -0.665. The molecule has 3 rings (SSSR count). The van der Waals surface area contributed by atoms with E-state index < -0.39 is 6.10 Å². The van der Waals surface area contributed by atoms with E-state index in [4.69, 9.17) is 10.5 Å². The van der Waals surface area contributed by atoms with E-state index in [2.05, 4.69) is 17.6 Å². The van der Waals surface area contributed by atoms with Crippen LogP contribution in [0.15, 0.2) is 48.5 Å². The fraction of sp³-hybridized carbons (Fsp3) is 0.350. The van der Waals surface area contributed by atoms with Crippen molar-refractivity contribution in [2.75, 3.05) is 12.3 Å². The summed E-state index contributed by atoms with van der Waals surface area (Å²) in [6, 6.07) is 15.9. The molecule has 5 nitrogen and oxygen atoms in total. The number of hydrogen-bond acceptors (Lipinski definition) is 3. The second kappa shape index (κ2) is 7.57. The zero-order chi connectivity index (χ0) is 17.8. The van der Waals surface area contributed by atoms with Gasteiger partial charge in [-0.25, -0.2) is 9.13 Å². The van der Waals surface area contributed by atoms with Gasteiger partial charge in [-0.2, -0.15) is 0 Å². The van der Waals surface area contributed by atoms with Gasteiger partial charge in [-0.05, 0) is 37.1 Å². The number of rotatable bonds is 7. The van der Waals surface area contributed by atoms with Gasteiger partial charge >= 0.3 is 5.95 Å². The third kappa shape index (κ3) is 3.61. The van der Waals surface area contributed by atoms with Gasteiger partial charge in [0, 0.05) is 0 Å². The number of aromatic nitrogens is 2. The second-order valence-corrected chi connectivity index (χ2v) is 6.34. The molecule has 132 valence electrons. The molecule has 0 fully saturated rings. The van der Waals surface area contributed by atoms with Crippen LogP contribution in [0.4, 0.5) is 5.95 Å². The molecule has 5 heteroatoms. The summed E-state index contributed by atoms with van der Waals surface area (Å²) in [6.45, 7) is 5.60. The number of nitrogen functional groups attached to an aromatic ring is 1. The van der Waals surface area contributed by atoms with Crippen molar-refractivity contribution >= 4 is 17.0 Å². The van der Waals surface area contributed by atoms with Crippen molar-refractivity contribution < 1.29 is 14.4 Å². The quantitative estimate of drug-likeness (QED) is 0.650. The van der Waals surface area contributed by atoms with E-state index in [1.165, 1.54) is 0 Å². The summed E-state index contributed by atoms with van der Waals surface area (Å²) < 4.78 is 9.84. The van der Waals surface area contributed by atoms with Crippen LogP contribution in [0.1, 0.15) is 18.9 Å². The molecule has 3 N–H and O–H groups in total. The number of benzene rings is 2. The summed E-state index contributed by atoms with van der Waals surface area (Å²) in [4.78, 5) is 0. The fourth-order valence-corrected chi connectivity index (χ4v) is 3.13. The maximum absolute atomic E-state index is 10.5. The average molecular weight is 340 g/mol. The van der Waals surface area contributed by atoms with Crippen molar-refractivity contribution in [3.05, 3.63) is 54.1 Å². The van der Waals surface area contributed by atoms with E-state index in [1.807, 2.05) is 54.0 Å². The molecule has 1 aromatic heterocycles. The molecule has 0 amide bonds. The van der Waals surface area contributed by atoms with Crippen molar-refractivity contribution in [1.29, 1.82) is 0 Å².